The van der Waals surface area contributed by atoms with Gasteiger partial charge in [0, 0.05) is 11.1 Å². The molecule has 0 heterocycles. The molecule has 2 aromatic rings. The van der Waals surface area contributed by atoms with Gasteiger partial charge in [0.2, 0.25) is 11.8 Å². The van der Waals surface area contributed by atoms with Gasteiger partial charge in [-0.3, -0.25) is 28.8 Å². The molecule has 2 atom stereocenters. The van der Waals surface area contributed by atoms with Crippen LogP contribution in [0.25, 0.3) is 0 Å². The zero-order chi connectivity index (χ0) is 26.6. The number of benzene rings is 2. The molecule has 0 saturated carbocycles. The standard InChI is InChI=1S/C24H24N4O8/c1-35-23(33)13(25)9-17(29)27-15-7-8-16(28-18(30)10-14(26)24(34)36-2)20-19(15)21(31)11-5-3-4-6-12(11)22(20)32/h3-8,13-14H,9-10,25-26H2,1-2H3,(H,27,29)(H,28,30). The van der Waals surface area contributed by atoms with Crippen LogP contribution in [-0.2, 0) is 28.7 Å². The Balaban J connectivity index is 2.00. The number of carbonyl (C=O) groups is 6. The predicted molar refractivity (Wildman–Crippen MR) is 126 cm³/mol. The maximum atomic E-state index is 13.4. The number of hydrogen-bond donors (Lipinski definition) is 4. The summed E-state index contributed by atoms with van der Waals surface area (Å²) in [5, 5.41) is 5.01. The third-order valence-electron chi connectivity index (χ3n) is 5.44. The predicted octanol–water partition coefficient (Wildman–Crippen LogP) is 0.120. The Morgan fingerprint density at radius 2 is 1.08 bits per heavy atom. The maximum Gasteiger partial charge on any atom is 0.323 e. The lowest BCUT2D eigenvalue weighted by atomic mass is 9.82. The van der Waals surface area contributed by atoms with Gasteiger partial charge in [-0.1, -0.05) is 24.3 Å². The second kappa shape index (κ2) is 10.9. The van der Waals surface area contributed by atoms with Crippen LogP contribution in [-0.4, -0.2) is 61.6 Å². The Bertz CT molecular complexity index is 1180. The van der Waals surface area contributed by atoms with Gasteiger partial charge in [-0.25, -0.2) is 0 Å². The second-order valence-corrected chi connectivity index (χ2v) is 7.88. The summed E-state index contributed by atoms with van der Waals surface area (Å²) in [7, 11) is 2.26. The molecule has 0 aromatic heterocycles. The van der Waals surface area contributed by atoms with Crippen LogP contribution in [0.4, 0.5) is 11.4 Å². The van der Waals surface area contributed by atoms with Gasteiger partial charge in [0.05, 0.1) is 49.6 Å². The highest BCUT2D eigenvalue weighted by atomic mass is 16.5. The molecule has 2 aromatic carbocycles. The Kier molecular flexibility index (Phi) is 7.92. The molecule has 0 saturated heterocycles. The van der Waals surface area contributed by atoms with E-state index in [1.165, 1.54) is 24.3 Å². The van der Waals surface area contributed by atoms with Crippen LogP contribution in [0.3, 0.4) is 0 Å². The van der Waals surface area contributed by atoms with E-state index in [-0.39, 0.29) is 33.6 Å². The van der Waals surface area contributed by atoms with E-state index in [0.717, 1.165) is 14.2 Å². The van der Waals surface area contributed by atoms with Gasteiger partial charge in [-0.05, 0) is 12.1 Å². The number of nitrogens with one attached hydrogen (secondary N) is 2. The lowest BCUT2D eigenvalue weighted by molar-refractivity contribution is -0.143. The molecule has 0 radical (unpaired) electrons. The van der Waals surface area contributed by atoms with E-state index in [4.69, 9.17) is 11.5 Å². The molecule has 12 heteroatoms. The SMILES string of the molecule is COC(=O)C(N)CC(=O)Nc1ccc(NC(=O)CC(N)C(=O)OC)c2c1C(=O)c1ccccc1C2=O. The van der Waals surface area contributed by atoms with Gasteiger partial charge in [-0.2, -0.15) is 0 Å². The fourth-order valence-electron chi connectivity index (χ4n) is 3.70. The molecule has 6 N–H and O–H groups in total. The van der Waals surface area contributed by atoms with Crippen molar-refractivity contribution < 1.29 is 38.2 Å². The van der Waals surface area contributed by atoms with Gasteiger partial charge in [-0.15, -0.1) is 0 Å². The van der Waals surface area contributed by atoms with Crippen molar-refractivity contribution in [2.24, 2.45) is 11.5 Å². The van der Waals surface area contributed by atoms with Crippen molar-refractivity contribution in [1.29, 1.82) is 0 Å². The van der Waals surface area contributed by atoms with Gasteiger partial charge in [0.1, 0.15) is 12.1 Å². The lowest BCUT2D eigenvalue weighted by Gasteiger charge is -2.23. The van der Waals surface area contributed by atoms with Crippen LogP contribution in [0.2, 0.25) is 0 Å². The molecule has 2 amide bonds. The molecule has 36 heavy (non-hydrogen) atoms. The first-order valence-corrected chi connectivity index (χ1v) is 10.7. The average Bonchev–Trinajstić information content (AvgIpc) is 2.86. The van der Waals surface area contributed by atoms with E-state index in [0.29, 0.717) is 0 Å². The van der Waals surface area contributed by atoms with Crippen molar-refractivity contribution in [3.05, 3.63) is 58.7 Å². The molecule has 0 bridgehead atoms. The fourth-order valence-corrected chi connectivity index (χ4v) is 3.70. The average molecular weight is 496 g/mol. The normalized spacial score (nSPS) is 13.6. The summed E-state index contributed by atoms with van der Waals surface area (Å²) in [6, 6.07) is 6.30. The van der Waals surface area contributed by atoms with Crippen molar-refractivity contribution in [1.82, 2.24) is 0 Å². The number of ether oxygens (including phenoxy) is 2. The van der Waals surface area contributed by atoms with Gasteiger partial charge < -0.3 is 31.6 Å². The lowest BCUT2D eigenvalue weighted by Crippen LogP contribution is -2.36. The topological polar surface area (TPSA) is 197 Å². The third kappa shape index (κ3) is 5.29. The summed E-state index contributed by atoms with van der Waals surface area (Å²) in [5.74, 6) is -4.11. The summed E-state index contributed by atoms with van der Waals surface area (Å²) in [6.07, 6.45) is -0.881. The Labute approximate surface area is 205 Å². The molecule has 2 unspecified atom stereocenters. The van der Waals surface area contributed by atoms with Crippen molar-refractivity contribution >= 4 is 46.7 Å². The monoisotopic (exact) mass is 496 g/mol. The van der Waals surface area contributed by atoms with Gasteiger partial charge >= 0.3 is 11.9 Å². The van der Waals surface area contributed by atoms with E-state index >= 15 is 0 Å². The molecule has 0 aliphatic heterocycles. The van der Waals surface area contributed by atoms with Gasteiger partial charge in [0.25, 0.3) is 0 Å². The number of carbonyl (C=O) groups excluding carboxylic acids is 6. The van der Waals surface area contributed by atoms with E-state index in [9.17, 15) is 28.8 Å². The van der Waals surface area contributed by atoms with Crippen molar-refractivity contribution in [2.75, 3.05) is 24.9 Å². The molecule has 1 aliphatic rings. The van der Waals surface area contributed by atoms with Crippen LogP contribution in [0, 0.1) is 0 Å². The largest absolute Gasteiger partial charge is 0.468 e. The highest BCUT2D eigenvalue weighted by Crippen LogP contribution is 2.36. The molecule has 0 spiro atoms. The van der Waals surface area contributed by atoms with Gasteiger partial charge in [0.15, 0.2) is 11.6 Å². The Morgan fingerprint density at radius 1 is 0.722 bits per heavy atom. The summed E-state index contributed by atoms with van der Waals surface area (Å²) in [5.41, 5.74) is 11.2. The van der Waals surface area contributed by atoms with Crippen LogP contribution < -0.4 is 22.1 Å². The van der Waals surface area contributed by atoms with E-state index in [1.807, 2.05) is 0 Å². The molecule has 0 fully saturated rings. The van der Waals surface area contributed by atoms with Crippen LogP contribution in [0.5, 0.6) is 0 Å². The summed E-state index contributed by atoms with van der Waals surface area (Å²) < 4.78 is 9.01. The Hall–Kier alpha value is -4.42. The molecule has 1 aliphatic carbocycles. The number of rotatable bonds is 8. The van der Waals surface area contributed by atoms with E-state index < -0.39 is 60.2 Å². The van der Waals surface area contributed by atoms with Crippen molar-refractivity contribution in [2.45, 2.75) is 24.9 Å². The minimum atomic E-state index is -1.23. The molecule has 12 nitrogen and oxygen atoms in total. The smallest absolute Gasteiger partial charge is 0.323 e. The zero-order valence-corrected chi connectivity index (χ0v) is 19.5. The number of anilines is 2. The quantitative estimate of drug-likeness (QED) is 0.311. The summed E-state index contributed by atoms with van der Waals surface area (Å²) in [6.45, 7) is 0. The maximum absolute atomic E-state index is 13.4. The first-order chi connectivity index (χ1) is 17.1. The van der Waals surface area contributed by atoms with E-state index in [2.05, 4.69) is 20.1 Å². The third-order valence-corrected chi connectivity index (χ3v) is 5.44. The molecular formula is C24H24N4O8. The first-order valence-electron chi connectivity index (χ1n) is 10.7. The second-order valence-electron chi connectivity index (χ2n) is 7.88. The number of nitrogens with two attached hydrogens (primary N) is 2. The van der Waals surface area contributed by atoms with E-state index in [1.54, 1.807) is 12.1 Å². The summed E-state index contributed by atoms with van der Waals surface area (Å²) >= 11 is 0. The number of ketones is 2. The molecule has 188 valence electrons. The minimum Gasteiger partial charge on any atom is -0.468 e. The fraction of sp³-hybridized carbons (Fsp3) is 0.250. The Morgan fingerprint density at radius 3 is 1.42 bits per heavy atom. The zero-order valence-electron chi connectivity index (χ0n) is 19.5. The number of amides is 2. The van der Waals surface area contributed by atoms with Crippen LogP contribution in [0.15, 0.2) is 36.4 Å². The minimum absolute atomic E-state index is 0.0100. The first kappa shape index (κ1) is 26.2. The highest BCUT2D eigenvalue weighted by molar-refractivity contribution is 6.32. The number of methoxy groups -OCH3 is 2. The molecule has 3 rings (SSSR count). The van der Waals surface area contributed by atoms with Crippen LogP contribution in [0.1, 0.15) is 44.7 Å². The van der Waals surface area contributed by atoms with Crippen molar-refractivity contribution in [3.8, 4) is 0 Å². The van der Waals surface area contributed by atoms with Crippen molar-refractivity contribution in [3.63, 3.8) is 0 Å². The summed E-state index contributed by atoms with van der Waals surface area (Å²) in [4.78, 5) is 74.9. The number of fused-ring (bicyclic) bond motifs is 2. The highest BCUT2D eigenvalue weighted by Gasteiger charge is 2.35. The number of esters is 2. The van der Waals surface area contributed by atoms with Crippen LogP contribution >= 0.6 is 0 Å². The number of hydrogen-bond acceptors (Lipinski definition) is 10. The molecular weight excluding hydrogens is 472 g/mol.